The Kier molecular flexibility index (Phi) is 5.89. The van der Waals surface area contributed by atoms with Crippen molar-refractivity contribution in [1.82, 2.24) is 15.4 Å². The van der Waals surface area contributed by atoms with Gasteiger partial charge in [-0.2, -0.15) is 0 Å². The van der Waals surface area contributed by atoms with Crippen molar-refractivity contribution in [3.63, 3.8) is 0 Å². The van der Waals surface area contributed by atoms with Crippen LogP contribution in [0, 0.1) is 19.8 Å². The fraction of sp³-hybridized carbons (Fsp3) is 0.778. The van der Waals surface area contributed by atoms with Gasteiger partial charge in [0.15, 0.2) is 0 Å². The van der Waals surface area contributed by atoms with Gasteiger partial charge in [-0.15, -0.1) is 0 Å². The van der Waals surface area contributed by atoms with Crippen molar-refractivity contribution in [3.05, 3.63) is 17.0 Å². The van der Waals surface area contributed by atoms with E-state index in [0.29, 0.717) is 24.8 Å². The van der Waals surface area contributed by atoms with Gasteiger partial charge >= 0.3 is 0 Å². The molecule has 0 bridgehead atoms. The third kappa shape index (κ3) is 4.36. The van der Waals surface area contributed by atoms with E-state index in [1.54, 1.807) is 0 Å². The number of piperidine rings is 1. The van der Waals surface area contributed by atoms with Crippen LogP contribution >= 0.6 is 0 Å². The van der Waals surface area contributed by atoms with Gasteiger partial charge in [-0.25, -0.2) is 0 Å². The minimum Gasteiger partial charge on any atom is -0.380 e. The van der Waals surface area contributed by atoms with Crippen molar-refractivity contribution in [1.29, 1.82) is 0 Å². The van der Waals surface area contributed by atoms with Crippen LogP contribution in [0.4, 0.5) is 0 Å². The summed E-state index contributed by atoms with van der Waals surface area (Å²) in [5, 5.41) is 7.04. The SMILES string of the molecule is Cc1noc(C)c1CCC(=O)NCC1CCN([C@@H]2CCOC2)CC1. The molecular formula is C18H29N3O3. The van der Waals surface area contributed by atoms with Crippen LogP contribution in [0.15, 0.2) is 4.52 Å². The maximum atomic E-state index is 12.1. The van der Waals surface area contributed by atoms with Gasteiger partial charge in [-0.1, -0.05) is 5.16 Å². The molecule has 0 saturated carbocycles. The monoisotopic (exact) mass is 335 g/mol. The molecule has 6 nitrogen and oxygen atoms in total. The molecule has 1 atom stereocenters. The van der Waals surface area contributed by atoms with E-state index in [2.05, 4.69) is 15.4 Å². The third-order valence-electron chi connectivity index (χ3n) is 5.44. The van der Waals surface area contributed by atoms with E-state index in [0.717, 1.165) is 49.9 Å². The van der Waals surface area contributed by atoms with Gasteiger partial charge in [-0.05, 0) is 58.5 Å². The van der Waals surface area contributed by atoms with Crippen molar-refractivity contribution in [3.8, 4) is 0 Å². The number of ether oxygens (including phenoxy) is 1. The highest BCUT2D eigenvalue weighted by Crippen LogP contribution is 2.22. The second kappa shape index (κ2) is 8.12. The molecule has 1 N–H and O–H groups in total. The van der Waals surface area contributed by atoms with E-state index in [1.807, 2.05) is 13.8 Å². The highest BCUT2D eigenvalue weighted by Gasteiger charge is 2.27. The molecule has 2 saturated heterocycles. The Labute approximate surface area is 143 Å². The predicted molar refractivity (Wildman–Crippen MR) is 90.8 cm³/mol. The number of aryl methyl sites for hydroxylation is 2. The highest BCUT2D eigenvalue weighted by molar-refractivity contribution is 5.76. The largest absolute Gasteiger partial charge is 0.380 e. The summed E-state index contributed by atoms with van der Waals surface area (Å²) in [6, 6.07) is 0.621. The Morgan fingerprint density at radius 1 is 1.29 bits per heavy atom. The lowest BCUT2D eigenvalue weighted by molar-refractivity contribution is -0.121. The summed E-state index contributed by atoms with van der Waals surface area (Å²) >= 11 is 0. The first kappa shape index (κ1) is 17.4. The summed E-state index contributed by atoms with van der Waals surface area (Å²) in [6.07, 6.45) is 4.71. The Balaban J connectivity index is 1.33. The molecule has 134 valence electrons. The standard InChI is InChI=1S/C18H29N3O3/c1-13-17(14(2)24-20-13)3-4-18(22)19-11-15-5-8-21(9-6-15)16-7-10-23-12-16/h15-16H,3-12H2,1-2H3,(H,19,22)/t16-/m1/s1. The quantitative estimate of drug-likeness (QED) is 0.859. The molecule has 2 fully saturated rings. The zero-order valence-corrected chi connectivity index (χ0v) is 14.8. The summed E-state index contributed by atoms with van der Waals surface area (Å²) in [6.45, 7) is 8.69. The van der Waals surface area contributed by atoms with Crippen LogP contribution in [0.5, 0.6) is 0 Å². The summed E-state index contributed by atoms with van der Waals surface area (Å²) in [5.41, 5.74) is 1.96. The van der Waals surface area contributed by atoms with Gasteiger partial charge in [-0.3, -0.25) is 9.69 Å². The van der Waals surface area contributed by atoms with E-state index in [9.17, 15) is 4.79 Å². The van der Waals surface area contributed by atoms with Crippen molar-refractivity contribution >= 4 is 5.91 Å². The number of carbonyl (C=O) groups excluding carboxylic acids is 1. The lowest BCUT2D eigenvalue weighted by Gasteiger charge is -2.35. The molecular weight excluding hydrogens is 306 g/mol. The second-order valence-corrected chi connectivity index (χ2v) is 7.10. The number of aromatic nitrogens is 1. The van der Waals surface area contributed by atoms with Gasteiger partial charge in [0.1, 0.15) is 5.76 Å². The molecule has 3 rings (SSSR count). The van der Waals surface area contributed by atoms with E-state index in [1.165, 1.54) is 19.3 Å². The zero-order chi connectivity index (χ0) is 16.9. The van der Waals surface area contributed by atoms with Gasteiger partial charge < -0.3 is 14.6 Å². The molecule has 2 aliphatic rings. The van der Waals surface area contributed by atoms with Crippen molar-refractivity contribution in [2.45, 2.75) is 52.0 Å². The minimum absolute atomic E-state index is 0.127. The molecule has 1 aromatic rings. The number of likely N-dealkylation sites (tertiary alicyclic amines) is 1. The smallest absolute Gasteiger partial charge is 0.220 e. The van der Waals surface area contributed by atoms with Crippen LogP contribution in [0.3, 0.4) is 0 Å². The van der Waals surface area contributed by atoms with Crippen LogP contribution in [-0.2, 0) is 16.0 Å². The summed E-state index contributed by atoms with van der Waals surface area (Å²) in [5.74, 6) is 1.55. The van der Waals surface area contributed by atoms with E-state index >= 15 is 0 Å². The van der Waals surface area contributed by atoms with Crippen molar-refractivity contribution in [2.75, 3.05) is 32.8 Å². The van der Waals surface area contributed by atoms with Crippen LogP contribution in [-0.4, -0.2) is 54.9 Å². The normalized spacial score (nSPS) is 22.8. The average molecular weight is 335 g/mol. The Morgan fingerprint density at radius 2 is 2.08 bits per heavy atom. The van der Waals surface area contributed by atoms with E-state index in [4.69, 9.17) is 9.26 Å². The number of carbonyl (C=O) groups is 1. The van der Waals surface area contributed by atoms with Crippen LogP contribution in [0.2, 0.25) is 0 Å². The predicted octanol–water partition coefficient (Wildman–Crippen LogP) is 1.84. The zero-order valence-electron chi connectivity index (χ0n) is 14.8. The molecule has 6 heteroatoms. The van der Waals surface area contributed by atoms with Crippen LogP contribution < -0.4 is 5.32 Å². The van der Waals surface area contributed by atoms with Crippen LogP contribution in [0.1, 0.15) is 42.7 Å². The van der Waals surface area contributed by atoms with Gasteiger partial charge in [0.2, 0.25) is 5.91 Å². The Morgan fingerprint density at radius 3 is 2.71 bits per heavy atom. The number of nitrogens with one attached hydrogen (secondary N) is 1. The summed E-state index contributed by atoms with van der Waals surface area (Å²) < 4.78 is 10.6. The van der Waals surface area contributed by atoms with Gasteiger partial charge in [0, 0.05) is 31.2 Å². The molecule has 0 aromatic carbocycles. The van der Waals surface area contributed by atoms with Gasteiger partial charge in [0.05, 0.1) is 12.3 Å². The first-order valence-electron chi connectivity index (χ1n) is 9.13. The number of nitrogens with zero attached hydrogens (tertiary/aromatic N) is 2. The van der Waals surface area contributed by atoms with Crippen molar-refractivity contribution in [2.24, 2.45) is 5.92 Å². The Hall–Kier alpha value is -1.40. The lowest BCUT2D eigenvalue weighted by Crippen LogP contribution is -2.44. The molecule has 0 spiro atoms. The highest BCUT2D eigenvalue weighted by atomic mass is 16.5. The van der Waals surface area contributed by atoms with Crippen molar-refractivity contribution < 1.29 is 14.1 Å². The number of hydrogen-bond acceptors (Lipinski definition) is 5. The molecule has 3 heterocycles. The fourth-order valence-corrected chi connectivity index (χ4v) is 3.78. The van der Waals surface area contributed by atoms with E-state index < -0.39 is 0 Å². The lowest BCUT2D eigenvalue weighted by atomic mass is 9.95. The minimum atomic E-state index is 0.127. The number of rotatable bonds is 6. The summed E-state index contributed by atoms with van der Waals surface area (Å²) in [4.78, 5) is 14.6. The maximum absolute atomic E-state index is 12.1. The first-order chi connectivity index (χ1) is 11.6. The second-order valence-electron chi connectivity index (χ2n) is 7.10. The Bertz CT molecular complexity index is 524. The molecule has 0 aliphatic carbocycles. The molecule has 0 radical (unpaired) electrons. The average Bonchev–Trinajstić information content (AvgIpc) is 3.23. The van der Waals surface area contributed by atoms with E-state index in [-0.39, 0.29) is 5.91 Å². The number of hydrogen-bond donors (Lipinski definition) is 1. The molecule has 1 amide bonds. The summed E-state index contributed by atoms with van der Waals surface area (Å²) in [7, 11) is 0. The maximum Gasteiger partial charge on any atom is 0.220 e. The molecule has 2 aliphatic heterocycles. The molecule has 1 aromatic heterocycles. The fourth-order valence-electron chi connectivity index (χ4n) is 3.78. The third-order valence-corrected chi connectivity index (χ3v) is 5.44. The first-order valence-corrected chi connectivity index (χ1v) is 9.13. The van der Waals surface area contributed by atoms with Gasteiger partial charge in [0.25, 0.3) is 0 Å². The van der Waals surface area contributed by atoms with Crippen LogP contribution in [0.25, 0.3) is 0 Å². The number of amides is 1. The molecule has 24 heavy (non-hydrogen) atoms. The molecule has 0 unspecified atom stereocenters. The topological polar surface area (TPSA) is 67.6 Å².